The molecule has 1 aliphatic heterocycles. The molecule has 2 rings (SSSR count). The monoisotopic (exact) mass is 313 g/mol. The zero-order valence-corrected chi connectivity index (χ0v) is 15.9. The van der Waals surface area contributed by atoms with Crippen molar-refractivity contribution >= 4 is 11.8 Å². The van der Waals surface area contributed by atoms with Gasteiger partial charge in [-0.25, -0.2) is 0 Å². The standard InChI is InChI=1S/C17H33NS.C2H6/c1-4-6-14-15(7-5-2)19-17(18)16(14)13-10-8-12(3)9-11-13;1-2/h12-17H,4-11,18H2,1-3H3;1-2H3. The van der Waals surface area contributed by atoms with Crippen LogP contribution in [0.2, 0.25) is 0 Å². The molecule has 2 aliphatic rings. The van der Waals surface area contributed by atoms with Gasteiger partial charge in [-0.3, -0.25) is 0 Å². The van der Waals surface area contributed by atoms with Crippen molar-refractivity contribution in [2.75, 3.05) is 0 Å². The molecular weight excluding hydrogens is 274 g/mol. The number of thioether (sulfide) groups is 1. The van der Waals surface area contributed by atoms with Crippen molar-refractivity contribution in [3.05, 3.63) is 0 Å². The summed E-state index contributed by atoms with van der Waals surface area (Å²) in [6.45, 7) is 11.1. The molecule has 0 aromatic heterocycles. The van der Waals surface area contributed by atoms with E-state index in [-0.39, 0.29) is 0 Å². The van der Waals surface area contributed by atoms with Crippen LogP contribution in [0, 0.1) is 23.7 Å². The average molecular weight is 314 g/mol. The Hall–Kier alpha value is 0.310. The molecule has 2 N–H and O–H groups in total. The van der Waals surface area contributed by atoms with Crippen LogP contribution in [-0.2, 0) is 0 Å². The topological polar surface area (TPSA) is 26.0 Å². The predicted octanol–water partition coefficient (Wildman–Crippen LogP) is 6.07. The van der Waals surface area contributed by atoms with Gasteiger partial charge in [0.05, 0.1) is 5.37 Å². The van der Waals surface area contributed by atoms with Crippen LogP contribution in [0.15, 0.2) is 0 Å². The molecule has 0 amide bonds. The van der Waals surface area contributed by atoms with E-state index in [1.165, 1.54) is 51.4 Å². The molecule has 1 heterocycles. The molecule has 4 unspecified atom stereocenters. The maximum atomic E-state index is 6.55. The van der Waals surface area contributed by atoms with Crippen molar-refractivity contribution in [2.45, 2.75) is 96.6 Å². The van der Waals surface area contributed by atoms with Crippen LogP contribution < -0.4 is 5.73 Å². The maximum Gasteiger partial charge on any atom is 0.0544 e. The van der Waals surface area contributed by atoms with Crippen LogP contribution in [0.5, 0.6) is 0 Å². The first-order valence-electron chi connectivity index (χ1n) is 9.58. The first-order chi connectivity index (χ1) is 10.2. The van der Waals surface area contributed by atoms with Gasteiger partial charge in [-0.2, -0.15) is 0 Å². The fourth-order valence-electron chi connectivity index (χ4n) is 4.45. The van der Waals surface area contributed by atoms with Crippen LogP contribution in [0.1, 0.15) is 86.0 Å². The highest BCUT2D eigenvalue weighted by Gasteiger charge is 2.45. The molecule has 2 heteroatoms. The molecule has 0 radical (unpaired) electrons. The molecule has 0 spiro atoms. The molecule has 2 fully saturated rings. The van der Waals surface area contributed by atoms with Crippen molar-refractivity contribution in [2.24, 2.45) is 29.4 Å². The highest BCUT2D eigenvalue weighted by atomic mass is 32.2. The van der Waals surface area contributed by atoms with Crippen LogP contribution in [-0.4, -0.2) is 10.6 Å². The van der Waals surface area contributed by atoms with Crippen molar-refractivity contribution in [1.82, 2.24) is 0 Å². The smallest absolute Gasteiger partial charge is 0.0544 e. The maximum absolute atomic E-state index is 6.55. The second-order valence-corrected chi connectivity index (χ2v) is 8.40. The SMILES string of the molecule is CC.CCCC1SC(N)C(C2CCC(C)CC2)C1CCC. The lowest BCUT2D eigenvalue weighted by atomic mass is 9.69. The summed E-state index contributed by atoms with van der Waals surface area (Å²) in [7, 11) is 0. The minimum atomic E-state index is 0.423. The van der Waals surface area contributed by atoms with Gasteiger partial charge in [0.2, 0.25) is 0 Å². The van der Waals surface area contributed by atoms with Crippen LogP contribution >= 0.6 is 11.8 Å². The Bertz CT molecular complexity index is 260. The first-order valence-corrected chi connectivity index (χ1v) is 10.5. The Kier molecular flexibility index (Phi) is 9.36. The minimum Gasteiger partial charge on any atom is -0.319 e. The third-order valence-corrected chi connectivity index (χ3v) is 7.05. The van der Waals surface area contributed by atoms with Crippen LogP contribution in [0.4, 0.5) is 0 Å². The molecular formula is C19H39NS. The Morgan fingerprint density at radius 1 is 0.952 bits per heavy atom. The lowest BCUT2D eigenvalue weighted by molar-refractivity contribution is 0.154. The van der Waals surface area contributed by atoms with E-state index in [0.717, 1.165) is 28.9 Å². The van der Waals surface area contributed by atoms with Crippen molar-refractivity contribution in [1.29, 1.82) is 0 Å². The van der Waals surface area contributed by atoms with Gasteiger partial charge in [-0.1, -0.05) is 60.3 Å². The normalized spacial score (nSPS) is 39.7. The third kappa shape index (κ3) is 5.16. The number of nitrogens with two attached hydrogens (primary N) is 1. The van der Waals surface area contributed by atoms with Gasteiger partial charge in [-0.05, 0) is 49.4 Å². The molecule has 4 atom stereocenters. The largest absolute Gasteiger partial charge is 0.319 e. The van der Waals surface area contributed by atoms with Crippen LogP contribution in [0.25, 0.3) is 0 Å². The predicted molar refractivity (Wildman–Crippen MR) is 98.6 cm³/mol. The molecule has 1 saturated carbocycles. The zero-order valence-electron chi connectivity index (χ0n) is 15.1. The van der Waals surface area contributed by atoms with Crippen LogP contribution in [0.3, 0.4) is 0 Å². The van der Waals surface area contributed by atoms with Crippen molar-refractivity contribution < 1.29 is 0 Å². The van der Waals surface area contributed by atoms with Gasteiger partial charge in [-0.15, -0.1) is 11.8 Å². The van der Waals surface area contributed by atoms with Gasteiger partial charge < -0.3 is 5.73 Å². The summed E-state index contributed by atoms with van der Waals surface area (Å²) >= 11 is 2.12. The Morgan fingerprint density at radius 2 is 1.52 bits per heavy atom. The Morgan fingerprint density at radius 3 is 2.05 bits per heavy atom. The second-order valence-electron chi connectivity index (χ2n) is 6.98. The Labute approximate surface area is 138 Å². The number of rotatable bonds is 5. The molecule has 0 aromatic rings. The van der Waals surface area contributed by atoms with E-state index in [1.807, 2.05) is 13.8 Å². The molecule has 1 aliphatic carbocycles. The van der Waals surface area contributed by atoms with E-state index in [0.29, 0.717) is 5.37 Å². The zero-order chi connectivity index (χ0) is 15.8. The highest BCUT2D eigenvalue weighted by molar-refractivity contribution is 8.00. The lowest BCUT2D eigenvalue weighted by Crippen LogP contribution is -2.35. The lowest BCUT2D eigenvalue weighted by Gasteiger charge is -2.36. The summed E-state index contributed by atoms with van der Waals surface area (Å²) < 4.78 is 0. The first kappa shape index (κ1) is 19.4. The van der Waals surface area contributed by atoms with E-state index in [1.54, 1.807) is 0 Å². The second kappa shape index (κ2) is 10.2. The summed E-state index contributed by atoms with van der Waals surface area (Å²) in [5, 5.41) is 1.27. The number of hydrogen-bond acceptors (Lipinski definition) is 2. The Balaban J connectivity index is 0.00000106. The highest BCUT2D eigenvalue weighted by Crippen LogP contribution is 2.51. The summed E-state index contributed by atoms with van der Waals surface area (Å²) in [5.74, 6) is 3.60. The van der Waals surface area contributed by atoms with Gasteiger partial charge in [0.25, 0.3) is 0 Å². The molecule has 126 valence electrons. The molecule has 0 aromatic carbocycles. The van der Waals surface area contributed by atoms with Crippen molar-refractivity contribution in [3.8, 4) is 0 Å². The fraction of sp³-hybridized carbons (Fsp3) is 1.00. The quantitative estimate of drug-likeness (QED) is 0.666. The minimum absolute atomic E-state index is 0.423. The fourth-order valence-corrected chi connectivity index (χ4v) is 6.35. The van der Waals surface area contributed by atoms with Crippen molar-refractivity contribution in [3.63, 3.8) is 0 Å². The molecule has 0 bridgehead atoms. The van der Waals surface area contributed by atoms with E-state index >= 15 is 0 Å². The van der Waals surface area contributed by atoms with E-state index in [2.05, 4.69) is 32.5 Å². The van der Waals surface area contributed by atoms with E-state index in [4.69, 9.17) is 5.73 Å². The summed E-state index contributed by atoms with van der Waals surface area (Å²) in [6.07, 6.45) is 11.2. The summed E-state index contributed by atoms with van der Waals surface area (Å²) in [6, 6.07) is 0. The van der Waals surface area contributed by atoms with Gasteiger partial charge >= 0.3 is 0 Å². The van der Waals surface area contributed by atoms with Gasteiger partial charge in [0, 0.05) is 5.25 Å². The summed E-state index contributed by atoms with van der Waals surface area (Å²) in [4.78, 5) is 0. The third-order valence-electron chi connectivity index (χ3n) is 5.48. The molecule has 1 nitrogen and oxygen atoms in total. The van der Waals surface area contributed by atoms with Gasteiger partial charge in [0.1, 0.15) is 0 Å². The molecule has 1 saturated heterocycles. The number of hydrogen-bond donors (Lipinski definition) is 1. The molecule has 21 heavy (non-hydrogen) atoms. The summed E-state index contributed by atoms with van der Waals surface area (Å²) in [5.41, 5.74) is 6.55. The average Bonchev–Trinajstić information content (AvgIpc) is 2.79. The van der Waals surface area contributed by atoms with Gasteiger partial charge in [0.15, 0.2) is 0 Å². The van der Waals surface area contributed by atoms with E-state index in [9.17, 15) is 0 Å². The van der Waals surface area contributed by atoms with E-state index < -0.39 is 0 Å².